The molecule has 0 aromatic heterocycles. The monoisotopic (exact) mass is 633 g/mol. The predicted molar refractivity (Wildman–Crippen MR) is 180 cm³/mol. The number of allylic oxidation sites excluding steroid dienone is 1. The topological polar surface area (TPSA) is 153 Å². The first kappa shape index (κ1) is 35.2. The number of fused-ring (bicyclic) bond motifs is 2. The highest BCUT2D eigenvalue weighted by Gasteiger charge is 2.61. The van der Waals surface area contributed by atoms with Gasteiger partial charge in [-0.2, -0.15) is 0 Å². The van der Waals surface area contributed by atoms with Gasteiger partial charge in [-0.3, -0.25) is 14.4 Å². The molecule has 0 saturated heterocycles. The number of phenols is 1. The fourth-order valence-corrected chi connectivity index (χ4v) is 7.95. The van der Waals surface area contributed by atoms with Gasteiger partial charge in [0.1, 0.15) is 11.5 Å². The maximum Gasteiger partial charge on any atom is 0.227 e. The lowest BCUT2D eigenvalue weighted by atomic mass is 9.49. The fourth-order valence-electron chi connectivity index (χ4n) is 7.95. The van der Waals surface area contributed by atoms with E-state index in [0.29, 0.717) is 25.1 Å². The normalized spacial score (nSPS) is 24.3. The fraction of sp³-hybridized carbons (Fsp3) is 0.541. The molecule has 0 aliphatic heterocycles. The zero-order chi connectivity index (χ0) is 34.5. The summed E-state index contributed by atoms with van der Waals surface area (Å²) in [4.78, 5) is 42.4. The summed E-state index contributed by atoms with van der Waals surface area (Å²) in [5.74, 6) is -5.19. The van der Waals surface area contributed by atoms with Gasteiger partial charge in [-0.1, -0.05) is 65.8 Å². The lowest BCUT2D eigenvalue weighted by Crippen LogP contribution is -2.61. The average Bonchev–Trinajstić information content (AvgIpc) is 2.95. The van der Waals surface area contributed by atoms with Crippen molar-refractivity contribution in [2.75, 3.05) is 26.0 Å². The minimum Gasteiger partial charge on any atom is -0.507 e. The van der Waals surface area contributed by atoms with Crippen molar-refractivity contribution in [3.05, 3.63) is 63.7 Å². The number of carbonyl (C=O) groups excluding carboxylic acids is 3. The van der Waals surface area contributed by atoms with Crippen LogP contribution in [0, 0.1) is 22.7 Å². The SMILES string of the molecule is CCc1cc(NCc2ccc(C(C)(C)C)cc2)c(O)c2c1C[C@@]1(C)C[C@@](C)([C@@H](CO)N(C)C)C(C(=O)C(C)C(N)=O)C(=O)C1=C2O. The molecule has 6 N–H and O–H groups in total. The second-order valence-electron chi connectivity index (χ2n) is 15.1. The van der Waals surface area contributed by atoms with Crippen molar-refractivity contribution < 1.29 is 29.7 Å². The molecular weight excluding hydrogens is 582 g/mol. The van der Waals surface area contributed by atoms with Crippen LogP contribution in [0.1, 0.15) is 82.7 Å². The molecule has 4 rings (SSSR count). The van der Waals surface area contributed by atoms with Gasteiger partial charge in [0.2, 0.25) is 5.91 Å². The maximum atomic E-state index is 14.6. The van der Waals surface area contributed by atoms with E-state index in [1.165, 1.54) is 12.5 Å². The van der Waals surface area contributed by atoms with Gasteiger partial charge < -0.3 is 31.3 Å². The summed E-state index contributed by atoms with van der Waals surface area (Å²) < 4.78 is 0. The summed E-state index contributed by atoms with van der Waals surface area (Å²) in [6.07, 6.45) is 1.23. The number of amides is 1. The Kier molecular flexibility index (Phi) is 9.55. The van der Waals surface area contributed by atoms with E-state index in [4.69, 9.17) is 5.73 Å². The van der Waals surface area contributed by atoms with E-state index in [2.05, 4.69) is 38.2 Å². The number of hydrogen-bond donors (Lipinski definition) is 5. The minimum atomic E-state index is -1.34. The molecule has 1 amide bonds. The maximum absolute atomic E-state index is 14.6. The molecule has 250 valence electrons. The molecule has 1 saturated carbocycles. The van der Waals surface area contributed by atoms with Crippen molar-refractivity contribution in [3.8, 4) is 5.75 Å². The van der Waals surface area contributed by atoms with Gasteiger partial charge >= 0.3 is 0 Å². The van der Waals surface area contributed by atoms with Gasteiger partial charge in [-0.25, -0.2) is 0 Å². The average molecular weight is 634 g/mol. The zero-order valence-corrected chi connectivity index (χ0v) is 28.7. The summed E-state index contributed by atoms with van der Waals surface area (Å²) in [5.41, 5.74) is 8.14. The third kappa shape index (κ3) is 5.95. The number of ketones is 2. The minimum absolute atomic E-state index is 0.0270. The number of Topliss-reactive ketones (excluding diaryl/α,β-unsaturated/α-hetero) is 2. The molecule has 2 aliphatic rings. The number of phenolic OH excluding ortho intramolecular Hbond substituents is 1. The molecular formula is C37H51N3O6. The number of aliphatic hydroxyl groups excluding tert-OH is 2. The van der Waals surface area contributed by atoms with E-state index >= 15 is 0 Å². The number of nitrogens with one attached hydrogen (secondary N) is 1. The lowest BCUT2D eigenvalue weighted by molar-refractivity contribution is -0.149. The van der Waals surface area contributed by atoms with Crippen molar-refractivity contribution in [2.24, 2.45) is 28.4 Å². The van der Waals surface area contributed by atoms with Crippen LogP contribution in [0.25, 0.3) is 5.76 Å². The van der Waals surface area contributed by atoms with Crippen LogP contribution in [0.5, 0.6) is 5.75 Å². The highest BCUT2D eigenvalue weighted by Crippen LogP contribution is 2.60. The van der Waals surface area contributed by atoms with Crippen LogP contribution in [0.2, 0.25) is 0 Å². The number of primary amides is 1. The number of anilines is 1. The molecule has 1 fully saturated rings. The number of aromatic hydroxyl groups is 1. The number of hydrogen-bond acceptors (Lipinski definition) is 8. The van der Waals surface area contributed by atoms with Crippen LogP contribution in [0.3, 0.4) is 0 Å². The second-order valence-corrected chi connectivity index (χ2v) is 15.1. The van der Waals surface area contributed by atoms with Gasteiger partial charge in [0, 0.05) is 29.0 Å². The van der Waals surface area contributed by atoms with E-state index in [9.17, 15) is 29.7 Å². The Labute approximate surface area is 272 Å². The van der Waals surface area contributed by atoms with Crippen molar-refractivity contribution in [3.63, 3.8) is 0 Å². The number of carbonyl (C=O) groups is 3. The zero-order valence-electron chi connectivity index (χ0n) is 28.7. The number of likely N-dealkylation sites (N-methyl/N-ethyl adjacent to an activating group) is 1. The van der Waals surface area contributed by atoms with Crippen LogP contribution in [0.15, 0.2) is 35.9 Å². The highest BCUT2D eigenvalue weighted by atomic mass is 16.3. The van der Waals surface area contributed by atoms with E-state index in [-0.39, 0.29) is 41.1 Å². The van der Waals surface area contributed by atoms with Crippen LogP contribution in [0.4, 0.5) is 5.69 Å². The molecule has 2 aliphatic carbocycles. The largest absolute Gasteiger partial charge is 0.507 e. The predicted octanol–water partition coefficient (Wildman–Crippen LogP) is 4.90. The molecule has 2 aromatic carbocycles. The van der Waals surface area contributed by atoms with Gasteiger partial charge in [0.25, 0.3) is 0 Å². The smallest absolute Gasteiger partial charge is 0.227 e. The van der Waals surface area contributed by atoms with Crippen LogP contribution in [-0.4, -0.2) is 64.4 Å². The van der Waals surface area contributed by atoms with Crippen molar-refractivity contribution >= 4 is 28.9 Å². The molecule has 0 bridgehead atoms. The van der Waals surface area contributed by atoms with Gasteiger partial charge in [0.15, 0.2) is 11.6 Å². The second kappa shape index (κ2) is 12.5. The Hall–Kier alpha value is -3.69. The Bertz CT molecular complexity index is 1570. The molecule has 46 heavy (non-hydrogen) atoms. The van der Waals surface area contributed by atoms with Crippen LogP contribution < -0.4 is 11.1 Å². The Balaban J connectivity index is 1.84. The molecule has 0 radical (unpaired) electrons. The first-order valence-corrected chi connectivity index (χ1v) is 16.1. The number of benzene rings is 2. The van der Waals surface area contributed by atoms with Crippen LogP contribution in [-0.2, 0) is 39.2 Å². The van der Waals surface area contributed by atoms with E-state index in [1.54, 1.807) is 25.9 Å². The number of nitrogens with zero attached hydrogens (tertiary/aromatic N) is 1. The van der Waals surface area contributed by atoms with Crippen molar-refractivity contribution in [1.29, 1.82) is 0 Å². The summed E-state index contributed by atoms with van der Waals surface area (Å²) >= 11 is 0. The van der Waals surface area contributed by atoms with E-state index in [1.807, 2.05) is 32.0 Å². The standard InChI is InChI=1S/C37H51N3O6/c1-10-22-15-25(39-17-21-11-13-23(14-12-21)35(3,4)5)31(43)27-24(22)16-36(6)19-37(7,26(18-41)40(8)9)29(30(42)20(2)34(38)46)33(45)28(36)32(27)44/h11-15,20,26,29,39,41,43-44H,10,16-19H2,1-9H3,(H2,38,46)/t20?,26-,29?,36+,37+/m1/s1. The Morgan fingerprint density at radius 1 is 1.13 bits per heavy atom. The number of rotatable bonds is 10. The molecule has 0 spiro atoms. The summed E-state index contributed by atoms with van der Waals surface area (Å²) in [6, 6.07) is 9.58. The third-order valence-electron chi connectivity index (χ3n) is 10.5. The Morgan fingerprint density at radius 3 is 2.24 bits per heavy atom. The number of aryl methyl sites for hydroxylation is 1. The van der Waals surface area contributed by atoms with E-state index < -0.39 is 46.2 Å². The Morgan fingerprint density at radius 2 is 1.74 bits per heavy atom. The molecule has 2 aromatic rings. The van der Waals surface area contributed by atoms with Crippen molar-refractivity contribution in [1.82, 2.24) is 4.90 Å². The molecule has 9 nitrogen and oxygen atoms in total. The molecule has 5 atom stereocenters. The van der Waals surface area contributed by atoms with Crippen LogP contribution >= 0.6 is 0 Å². The summed E-state index contributed by atoms with van der Waals surface area (Å²) in [5, 5.41) is 37.4. The quantitative estimate of drug-likeness (QED) is 0.183. The van der Waals surface area contributed by atoms with Crippen molar-refractivity contribution in [2.45, 2.75) is 85.7 Å². The number of nitrogens with two attached hydrogens (primary N) is 1. The molecule has 9 heteroatoms. The first-order chi connectivity index (χ1) is 21.3. The summed E-state index contributed by atoms with van der Waals surface area (Å²) in [7, 11) is 3.55. The van der Waals surface area contributed by atoms with E-state index in [0.717, 1.165) is 16.7 Å². The molecule has 2 unspecified atom stereocenters. The first-order valence-electron chi connectivity index (χ1n) is 16.1. The lowest BCUT2D eigenvalue weighted by Gasteiger charge is -2.55. The van der Waals surface area contributed by atoms with Gasteiger partial charge in [-0.15, -0.1) is 0 Å². The summed E-state index contributed by atoms with van der Waals surface area (Å²) in [6.45, 7) is 13.7. The number of aliphatic hydroxyl groups is 2. The molecule has 0 heterocycles. The third-order valence-corrected chi connectivity index (χ3v) is 10.5. The highest BCUT2D eigenvalue weighted by molar-refractivity contribution is 6.19. The van der Waals surface area contributed by atoms with Gasteiger partial charge in [-0.05, 0) is 74.0 Å². The van der Waals surface area contributed by atoms with Gasteiger partial charge in [0.05, 0.1) is 29.7 Å².